The Morgan fingerprint density at radius 1 is 1.20 bits per heavy atom. The molecule has 20 heavy (non-hydrogen) atoms. The molecule has 0 fully saturated rings. The van der Waals surface area contributed by atoms with Gasteiger partial charge in [-0.3, -0.25) is 9.59 Å². The van der Waals surface area contributed by atoms with Crippen LogP contribution in [0.1, 0.15) is 25.5 Å². The van der Waals surface area contributed by atoms with E-state index in [4.69, 9.17) is 28.3 Å². The minimum absolute atomic E-state index is 0.225. The van der Waals surface area contributed by atoms with Gasteiger partial charge in [0.2, 0.25) is 0 Å². The summed E-state index contributed by atoms with van der Waals surface area (Å²) in [7, 11) is 0. The third-order valence-electron chi connectivity index (χ3n) is 2.65. The van der Waals surface area contributed by atoms with E-state index in [2.05, 4.69) is 0 Å². The molecule has 1 aromatic carbocycles. The lowest BCUT2D eigenvalue weighted by molar-refractivity contribution is -0.150. The van der Waals surface area contributed by atoms with Gasteiger partial charge in [0.25, 0.3) is 5.91 Å². The molecule has 0 saturated carbocycles. The molecule has 0 aliphatic heterocycles. The van der Waals surface area contributed by atoms with Crippen LogP contribution >= 0.6 is 23.2 Å². The Labute approximate surface area is 126 Å². The van der Waals surface area contributed by atoms with E-state index < -0.39 is 24.5 Å². The number of hydrogen-bond acceptors (Lipinski definition) is 3. The van der Waals surface area contributed by atoms with Crippen LogP contribution in [0.5, 0.6) is 0 Å². The number of aliphatic carboxylic acids is 1. The Hall–Kier alpha value is -1.30. The van der Waals surface area contributed by atoms with Gasteiger partial charge in [0.05, 0.1) is 0 Å². The van der Waals surface area contributed by atoms with E-state index in [-0.39, 0.29) is 21.7 Å². The van der Waals surface area contributed by atoms with E-state index in [1.54, 1.807) is 13.8 Å². The number of carboxylic acid groups (broad SMARTS) is 1. The molecule has 5 nitrogen and oxygen atoms in total. The van der Waals surface area contributed by atoms with E-state index in [1.807, 2.05) is 0 Å². The maximum atomic E-state index is 12.2. The van der Waals surface area contributed by atoms with Gasteiger partial charge in [-0.15, -0.1) is 0 Å². The first-order valence-corrected chi connectivity index (χ1v) is 6.64. The molecule has 1 rings (SSSR count). The van der Waals surface area contributed by atoms with Gasteiger partial charge >= 0.3 is 5.97 Å². The van der Waals surface area contributed by atoms with Gasteiger partial charge in [0.15, 0.2) is 6.10 Å². The summed E-state index contributed by atoms with van der Waals surface area (Å²) in [5.74, 6) is -1.86. The van der Waals surface area contributed by atoms with Gasteiger partial charge in [-0.1, -0.05) is 23.2 Å². The van der Waals surface area contributed by atoms with Crippen LogP contribution in [-0.4, -0.2) is 39.6 Å². The molecule has 0 saturated heterocycles. The molecule has 110 valence electrons. The van der Waals surface area contributed by atoms with Gasteiger partial charge in [-0.2, -0.15) is 0 Å². The number of carboxylic acids is 1. The molecule has 2 N–H and O–H groups in total. The summed E-state index contributed by atoms with van der Waals surface area (Å²) in [5, 5.41) is 19.4. The SMILES string of the molecule is CC(C)N(CC(=O)O)C(=O)C(O)c1cc(Cl)cc(Cl)c1. The fourth-order valence-corrected chi connectivity index (χ4v) is 2.24. The fourth-order valence-electron chi connectivity index (χ4n) is 1.69. The maximum Gasteiger partial charge on any atom is 0.323 e. The molecule has 0 bridgehead atoms. The summed E-state index contributed by atoms with van der Waals surface area (Å²) in [5.41, 5.74) is 0.225. The van der Waals surface area contributed by atoms with Gasteiger partial charge < -0.3 is 15.1 Å². The summed E-state index contributed by atoms with van der Waals surface area (Å²) in [6.45, 7) is 2.85. The highest BCUT2D eigenvalue weighted by Gasteiger charge is 2.27. The number of aliphatic hydroxyl groups is 1. The monoisotopic (exact) mass is 319 g/mol. The second kappa shape index (κ2) is 6.92. The molecule has 7 heteroatoms. The van der Waals surface area contributed by atoms with E-state index in [9.17, 15) is 14.7 Å². The average molecular weight is 320 g/mol. The largest absolute Gasteiger partial charge is 0.480 e. The molecule has 0 aliphatic rings. The van der Waals surface area contributed by atoms with Gasteiger partial charge in [0, 0.05) is 16.1 Å². The van der Waals surface area contributed by atoms with Crippen LogP contribution in [0, 0.1) is 0 Å². The lowest BCUT2D eigenvalue weighted by atomic mass is 10.1. The summed E-state index contributed by atoms with van der Waals surface area (Å²) in [6, 6.07) is 3.94. The second-order valence-electron chi connectivity index (χ2n) is 4.56. The van der Waals surface area contributed by atoms with Gasteiger partial charge in [-0.25, -0.2) is 0 Å². The number of benzene rings is 1. The summed E-state index contributed by atoms with van der Waals surface area (Å²) in [6.07, 6.45) is -1.51. The zero-order chi connectivity index (χ0) is 15.4. The topological polar surface area (TPSA) is 77.8 Å². The van der Waals surface area contributed by atoms with E-state index in [1.165, 1.54) is 18.2 Å². The fraction of sp³-hybridized carbons (Fsp3) is 0.385. The second-order valence-corrected chi connectivity index (χ2v) is 5.43. The standard InChI is InChI=1S/C13H15Cl2NO4/c1-7(2)16(6-11(17)18)13(20)12(19)8-3-9(14)5-10(15)4-8/h3-5,7,12,19H,6H2,1-2H3,(H,17,18). The van der Waals surface area contributed by atoms with Crippen molar-refractivity contribution in [2.45, 2.75) is 26.0 Å². The Balaban J connectivity index is 3.01. The quantitative estimate of drug-likeness (QED) is 0.873. The number of hydrogen-bond donors (Lipinski definition) is 2. The molecule has 0 aliphatic carbocycles. The first kappa shape index (κ1) is 16.8. The zero-order valence-electron chi connectivity index (χ0n) is 11.0. The number of carbonyl (C=O) groups is 2. The van der Waals surface area contributed by atoms with Crippen molar-refractivity contribution in [3.8, 4) is 0 Å². The van der Waals surface area contributed by atoms with Crippen LogP contribution in [-0.2, 0) is 9.59 Å². The molecule has 1 unspecified atom stereocenters. The van der Waals surface area contributed by atoms with Crippen molar-refractivity contribution in [2.75, 3.05) is 6.54 Å². The first-order valence-electron chi connectivity index (χ1n) is 5.88. The van der Waals surface area contributed by atoms with Crippen LogP contribution in [0.4, 0.5) is 0 Å². The minimum atomic E-state index is -1.51. The third-order valence-corrected chi connectivity index (χ3v) is 3.08. The van der Waals surface area contributed by atoms with Gasteiger partial charge in [0.1, 0.15) is 6.54 Å². The molecular weight excluding hydrogens is 305 g/mol. The predicted octanol–water partition coefficient (Wildman–Crippen LogP) is 2.35. The summed E-state index contributed by atoms with van der Waals surface area (Å²) in [4.78, 5) is 24.0. The van der Waals surface area contributed by atoms with Crippen molar-refractivity contribution in [3.63, 3.8) is 0 Å². The van der Waals surface area contributed by atoms with Crippen molar-refractivity contribution in [1.82, 2.24) is 4.90 Å². The molecule has 1 amide bonds. The number of carbonyl (C=O) groups excluding carboxylic acids is 1. The van der Waals surface area contributed by atoms with Crippen LogP contribution in [0.15, 0.2) is 18.2 Å². The number of aliphatic hydroxyl groups excluding tert-OH is 1. The number of amides is 1. The lowest BCUT2D eigenvalue weighted by Gasteiger charge is -2.27. The molecule has 1 atom stereocenters. The van der Waals surface area contributed by atoms with Gasteiger partial charge in [-0.05, 0) is 37.6 Å². The van der Waals surface area contributed by atoms with Crippen molar-refractivity contribution >= 4 is 35.1 Å². The zero-order valence-corrected chi connectivity index (χ0v) is 12.5. The van der Waals surface area contributed by atoms with Crippen molar-refractivity contribution in [2.24, 2.45) is 0 Å². The van der Waals surface area contributed by atoms with E-state index in [0.717, 1.165) is 4.90 Å². The predicted molar refractivity (Wildman–Crippen MR) is 75.9 cm³/mol. The highest BCUT2D eigenvalue weighted by Crippen LogP contribution is 2.25. The highest BCUT2D eigenvalue weighted by atomic mass is 35.5. The number of halogens is 2. The Morgan fingerprint density at radius 3 is 2.10 bits per heavy atom. The van der Waals surface area contributed by atoms with E-state index in [0.29, 0.717) is 0 Å². The highest BCUT2D eigenvalue weighted by molar-refractivity contribution is 6.34. The molecule has 0 radical (unpaired) electrons. The van der Waals surface area contributed by atoms with Crippen LogP contribution in [0.2, 0.25) is 10.0 Å². The first-order chi connectivity index (χ1) is 9.22. The van der Waals surface area contributed by atoms with E-state index >= 15 is 0 Å². The van der Waals surface area contributed by atoms with Crippen LogP contribution in [0.25, 0.3) is 0 Å². The molecule has 0 aromatic heterocycles. The van der Waals surface area contributed by atoms with Crippen LogP contribution < -0.4 is 0 Å². The molecular formula is C13H15Cl2NO4. The molecule has 0 heterocycles. The average Bonchev–Trinajstić information content (AvgIpc) is 2.32. The number of rotatable bonds is 5. The Bertz CT molecular complexity index is 499. The third kappa shape index (κ3) is 4.37. The minimum Gasteiger partial charge on any atom is -0.480 e. The molecule has 1 aromatic rings. The summed E-state index contributed by atoms with van der Waals surface area (Å²) >= 11 is 11.6. The maximum absolute atomic E-state index is 12.2. The number of nitrogens with zero attached hydrogens (tertiary/aromatic N) is 1. The Morgan fingerprint density at radius 2 is 1.70 bits per heavy atom. The normalized spacial score (nSPS) is 12.3. The summed E-state index contributed by atoms with van der Waals surface area (Å²) < 4.78 is 0. The molecule has 0 spiro atoms. The van der Waals surface area contributed by atoms with Crippen molar-refractivity contribution in [1.29, 1.82) is 0 Å². The Kier molecular flexibility index (Phi) is 5.80. The van der Waals surface area contributed by atoms with Crippen molar-refractivity contribution < 1.29 is 19.8 Å². The van der Waals surface area contributed by atoms with Crippen LogP contribution in [0.3, 0.4) is 0 Å². The lowest BCUT2D eigenvalue weighted by Crippen LogP contribution is -2.43. The van der Waals surface area contributed by atoms with Crippen molar-refractivity contribution in [3.05, 3.63) is 33.8 Å². The smallest absolute Gasteiger partial charge is 0.323 e.